The van der Waals surface area contributed by atoms with E-state index >= 15 is 0 Å². The second-order valence-electron chi connectivity index (χ2n) is 10.4. The quantitative estimate of drug-likeness (QED) is 0.465. The molecule has 2 aromatic carbocycles. The predicted molar refractivity (Wildman–Crippen MR) is 126 cm³/mol. The van der Waals surface area contributed by atoms with Crippen LogP contribution in [-0.4, -0.2) is 16.2 Å². The smallest absolute Gasteiger partial charge is 0.336 e. The van der Waals surface area contributed by atoms with Crippen molar-refractivity contribution in [2.24, 2.45) is 0 Å². The number of hydrogen-bond acceptors (Lipinski definition) is 2. The van der Waals surface area contributed by atoms with Crippen molar-refractivity contribution in [3.63, 3.8) is 0 Å². The highest BCUT2D eigenvalue weighted by Crippen LogP contribution is 2.43. The summed E-state index contributed by atoms with van der Waals surface area (Å²) in [6, 6.07) is 9.56. The van der Waals surface area contributed by atoms with Crippen LogP contribution in [0, 0.1) is 0 Å². The van der Waals surface area contributed by atoms with E-state index < -0.39 is 5.97 Å². The van der Waals surface area contributed by atoms with Crippen LogP contribution in [0.25, 0.3) is 11.1 Å². The van der Waals surface area contributed by atoms with E-state index in [1.54, 1.807) is 6.07 Å². The summed E-state index contributed by atoms with van der Waals surface area (Å²) < 4.78 is 0. The average Bonchev–Trinajstić information content (AvgIpc) is 2.63. The summed E-state index contributed by atoms with van der Waals surface area (Å²) in [5.74, 6) is -0.598. The van der Waals surface area contributed by atoms with Crippen LogP contribution in [0.1, 0.15) is 101 Å². The zero-order chi connectivity index (χ0) is 22.7. The van der Waals surface area contributed by atoms with Crippen LogP contribution in [0.5, 0.6) is 5.75 Å². The number of rotatable bonds is 7. The highest BCUT2D eigenvalue weighted by atomic mass is 16.4. The number of benzene rings is 2. The Morgan fingerprint density at radius 3 is 1.93 bits per heavy atom. The first-order chi connectivity index (χ1) is 13.9. The zero-order valence-electron chi connectivity index (χ0n) is 19.7. The monoisotopic (exact) mass is 410 g/mol. The zero-order valence-corrected chi connectivity index (χ0v) is 19.7. The molecule has 0 aliphatic carbocycles. The highest BCUT2D eigenvalue weighted by Gasteiger charge is 2.28. The van der Waals surface area contributed by atoms with Crippen LogP contribution >= 0.6 is 0 Å². The molecule has 0 unspecified atom stereocenters. The van der Waals surface area contributed by atoms with E-state index in [-0.39, 0.29) is 10.8 Å². The molecule has 0 amide bonds. The Kier molecular flexibility index (Phi) is 7.39. The van der Waals surface area contributed by atoms with E-state index in [1.165, 1.54) is 12.8 Å². The maximum absolute atomic E-state index is 12.1. The van der Waals surface area contributed by atoms with Gasteiger partial charge in [-0.25, -0.2) is 4.79 Å². The fourth-order valence-electron chi connectivity index (χ4n) is 3.99. The first-order valence-corrected chi connectivity index (χ1v) is 11.1. The minimum Gasteiger partial charge on any atom is -0.507 e. The number of carboxylic acids is 1. The van der Waals surface area contributed by atoms with Crippen LogP contribution in [0.15, 0.2) is 30.3 Å². The van der Waals surface area contributed by atoms with Crippen LogP contribution in [-0.2, 0) is 17.3 Å². The van der Waals surface area contributed by atoms with Crippen molar-refractivity contribution < 1.29 is 15.0 Å². The van der Waals surface area contributed by atoms with E-state index in [9.17, 15) is 15.0 Å². The van der Waals surface area contributed by atoms with Crippen LogP contribution in [0.3, 0.4) is 0 Å². The molecular formula is C27H38O3. The first kappa shape index (κ1) is 24.0. The fourth-order valence-corrected chi connectivity index (χ4v) is 3.99. The van der Waals surface area contributed by atoms with Gasteiger partial charge in [-0.15, -0.1) is 0 Å². The Labute approximate surface area is 182 Å². The van der Waals surface area contributed by atoms with Crippen LogP contribution in [0.4, 0.5) is 0 Å². The maximum Gasteiger partial charge on any atom is 0.336 e. The Hall–Kier alpha value is -2.29. The summed E-state index contributed by atoms with van der Waals surface area (Å²) >= 11 is 0. The van der Waals surface area contributed by atoms with E-state index in [1.807, 2.05) is 24.3 Å². The van der Waals surface area contributed by atoms with Crippen molar-refractivity contribution in [2.45, 2.75) is 91.4 Å². The number of aromatic carboxylic acids is 1. The molecule has 2 N–H and O–H groups in total. The van der Waals surface area contributed by atoms with E-state index in [4.69, 9.17) is 0 Å². The van der Waals surface area contributed by atoms with E-state index in [2.05, 4.69) is 48.5 Å². The van der Waals surface area contributed by atoms with Gasteiger partial charge in [0.05, 0.1) is 5.56 Å². The second kappa shape index (κ2) is 9.24. The SMILES string of the molecule is CCCCCCc1cccc(C(=O)O)c1-c1cc(C(C)(C)C)c(O)c(C(C)(C)C)c1. The van der Waals surface area contributed by atoms with E-state index in [0.717, 1.165) is 47.1 Å². The van der Waals surface area contributed by atoms with Gasteiger partial charge in [-0.1, -0.05) is 79.9 Å². The Bertz CT molecular complexity index is 860. The van der Waals surface area contributed by atoms with Crippen LogP contribution in [0.2, 0.25) is 0 Å². The fraction of sp³-hybridized carbons (Fsp3) is 0.519. The maximum atomic E-state index is 12.1. The van der Waals surface area contributed by atoms with Crippen molar-refractivity contribution in [1.29, 1.82) is 0 Å². The highest BCUT2D eigenvalue weighted by molar-refractivity contribution is 5.97. The number of unbranched alkanes of at least 4 members (excludes halogenated alkanes) is 3. The molecule has 2 aromatic rings. The summed E-state index contributed by atoms with van der Waals surface area (Å²) in [7, 11) is 0. The van der Waals surface area contributed by atoms with Gasteiger partial charge in [-0.2, -0.15) is 0 Å². The van der Waals surface area contributed by atoms with Gasteiger partial charge in [0, 0.05) is 11.1 Å². The number of aromatic hydroxyl groups is 1. The molecule has 0 saturated carbocycles. The number of phenols is 1. The lowest BCUT2D eigenvalue weighted by molar-refractivity contribution is 0.0697. The molecule has 0 atom stereocenters. The van der Waals surface area contributed by atoms with Gasteiger partial charge in [0.15, 0.2) is 0 Å². The molecule has 0 radical (unpaired) electrons. The van der Waals surface area contributed by atoms with Gasteiger partial charge < -0.3 is 10.2 Å². The van der Waals surface area contributed by atoms with Crippen molar-refractivity contribution in [3.8, 4) is 16.9 Å². The molecule has 164 valence electrons. The molecule has 0 bridgehead atoms. The molecule has 0 aliphatic heterocycles. The van der Waals surface area contributed by atoms with Gasteiger partial charge in [0.2, 0.25) is 0 Å². The van der Waals surface area contributed by atoms with Gasteiger partial charge >= 0.3 is 5.97 Å². The normalized spacial score (nSPS) is 12.2. The number of phenolic OH excluding ortho intramolecular Hbond substituents is 1. The molecule has 3 nitrogen and oxygen atoms in total. The molecule has 2 rings (SSSR count). The number of carbonyl (C=O) groups is 1. The summed E-state index contributed by atoms with van der Waals surface area (Å²) in [5, 5.41) is 21.0. The molecule has 0 heterocycles. The number of aryl methyl sites for hydroxylation is 1. The molecule has 30 heavy (non-hydrogen) atoms. The Morgan fingerprint density at radius 1 is 0.900 bits per heavy atom. The Morgan fingerprint density at radius 2 is 1.47 bits per heavy atom. The average molecular weight is 411 g/mol. The molecular weight excluding hydrogens is 372 g/mol. The van der Waals surface area contributed by atoms with Gasteiger partial charge in [-0.3, -0.25) is 0 Å². The van der Waals surface area contributed by atoms with Crippen molar-refractivity contribution in [2.75, 3.05) is 0 Å². The third-order valence-corrected chi connectivity index (χ3v) is 5.70. The lowest BCUT2D eigenvalue weighted by Gasteiger charge is -2.29. The summed E-state index contributed by atoms with van der Waals surface area (Å²) in [4.78, 5) is 12.1. The number of carboxylic acid groups (broad SMARTS) is 1. The summed E-state index contributed by atoms with van der Waals surface area (Å²) in [6.07, 6.45) is 5.40. The molecule has 0 saturated heterocycles. The third kappa shape index (κ3) is 5.44. The van der Waals surface area contributed by atoms with Gasteiger partial charge in [0.25, 0.3) is 0 Å². The Balaban J connectivity index is 2.77. The topological polar surface area (TPSA) is 57.5 Å². The van der Waals surface area contributed by atoms with Crippen molar-refractivity contribution >= 4 is 5.97 Å². The minimum atomic E-state index is -0.914. The molecule has 0 aromatic heterocycles. The predicted octanol–water partition coefficient (Wildman–Crippen LogP) is 7.48. The summed E-state index contributed by atoms with van der Waals surface area (Å²) in [5.41, 5.74) is 4.23. The lowest BCUT2D eigenvalue weighted by Crippen LogP contribution is -2.17. The lowest BCUT2D eigenvalue weighted by atomic mass is 9.77. The largest absolute Gasteiger partial charge is 0.507 e. The van der Waals surface area contributed by atoms with Gasteiger partial charge in [0.1, 0.15) is 5.75 Å². The second-order valence-corrected chi connectivity index (χ2v) is 10.4. The molecule has 0 spiro atoms. The molecule has 3 heteroatoms. The first-order valence-electron chi connectivity index (χ1n) is 11.1. The van der Waals surface area contributed by atoms with E-state index in [0.29, 0.717) is 11.3 Å². The molecule has 0 fully saturated rings. The summed E-state index contributed by atoms with van der Waals surface area (Å²) in [6.45, 7) is 14.6. The van der Waals surface area contributed by atoms with Crippen LogP contribution < -0.4 is 0 Å². The van der Waals surface area contributed by atoms with Crippen molar-refractivity contribution in [3.05, 3.63) is 52.6 Å². The van der Waals surface area contributed by atoms with Gasteiger partial charge in [-0.05, 0) is 58.6 Å². The third-order valence-electron chi connectivity index (χ3n) is 5.70. The minimum absolute atomic E-state index is 0.264. The van der Waals surface area contributed by atoms with Crippen molar-refractivity contribution in [1.82, 2.24) is 0 Å². The number of hydrogen-bond donors (Lipinski definition) is 2. The standard InChI is InChI=1S/C27H38O3/c1-8-9-10-11-13-18-14-12-15-20(25(29)30)23(18)19-16-21(26(2,3)4)24(28)22(17-19)27(5,6)7/h12,14-17,28H,8-11,13H2,1-7H3,(H,29,30). The molecule has 0 aliphatic rings.